The van der Waals surface area contributed by atoms with E-state index in [1.807, 2.05) is 5.32 Å². The van der Waals surface area contributed by atoms with Gasteiger partial charge in [0.15, 0.2) is 6.04 Å². The number of hydrogen-bond acceptors (Lipinski definition) is 6. The smallest absolute Gasteiger partial charge is 0.411 e. The number of amides is 1. The average Bonchev–Trinajstić information content (AvgIpc) is 2.25. The van der Waals surface area contributed by atoms with Crippen LogP contribution in [0.5, 0.6) is 0 Å². The van der Waals surface area contributed by atoms with Crippen LogP contribution in [0.3, 0.4) is 0 Å². The first kappa shape index (κ1) is 16.2. The van der Waals surface area contributed by atoms with Crippen molar-refractivity contribution in [1.82, 2.24) is 5.32 Å². The number of carbonyl (C=O) groups excluding carboxylic acids is 2. The molecule has 18 heavy (non-hydrogen) atoms. The van der Waals surface area contributed by atoms with E-state index in [-0.39, 0.29) is 6.42 Å². The standard InChI is InChI=1S/C10H17NO7/c1-3-4-8(13)17-6(2)18-10(16)11-7(5-12)9(14)15/h6-7,12H,3-5H2,1-2H3,(H,11,16)(H,14,15)/t6?,7-/m1/s1. The Kier molecular flexibility index (Phi) is 7.45. The predicted molar refractivity (Wildman–Crippen MR) is 58.6 cm³/mol. The Labute approximate surface area is 104 Å². The lowest BCUT2D eigenvalue weighted by atomic mass is 10.3. The van der Waals surface area contributed by atoms with Gasteiger partial charge in [-0.3, -0.25) is 4.79 Å². The van der Waals surface area contributed by atoms with E-state index in [4.69, 9.17) is 14.9 Å². The molecule has 0 saturated carbocycles. The first-order valence-electron chi connectivity index (χ1n) is 5.41. The number of carboxylic acids is 1. The molecule has 0 aromatic rings. The molecule has 1 amide bonds. The van der Waals surface area contributed by atoms with Crippen LogP contribution in [0.15, 0.2) is 0 Å². The Hall–Kier alpha value is -1.83. The topological polar surface area (TPSA) is 122 Å². The van der Waals surface area contributed by atoms with Gasteiger partial charge in [-0.25, -0.2) is 9.59 Å². The van der Waals surface area contributed by atoms with Gasteiger partial charge in [0.05, 0.1) is 6.61 Å². The van der Waals surface area contributed by atoms with Gasteiger partial charge in [-0.05, 0) is 6.42 Å². The molecule has 3 N–H and O–H groups in total. The molecule has 104 valence electrons. The highest BCUT2D eigenvalue weighted by Gasteiger charge is 2.21. The lowest BCUT2D eigenvalue weighted by Crippen LogP contribution is -2.44. The van der Waals surface area contributed by atoms with Gasteiger partial charge in [-0.1, -0.05) is 6.92 Å². The van der Waals surface area contributed by atoms with Crippen LogP contribution >= 0.6 is 0 Å². The fourth-order valence-electron chi connectivity index (χ4n) is 0.985. The van der Waals surface area contributed by atoms with E-state index in [1.54, 1.807) is 6.92 Å². The van der Waals surface area contributed by atoms with Crippen molar-refractivity contribution in [3.8, 4) is 0 Å². The number of aliphatic carboxylic acids is 1. The van der Waals surface area contributed by atoms with Crippen LogP contribution in [-0.2, 0) is 19.1 Å². The van der Waals surface area contributed by atoms with Crippen molar-refractivity contribution in [3.63, 3.8) is 0 Å². The molecule has 0 aromatic carbocycles. The van der Waals surface area contributed by atoms with E-state index < -0.39 is 37.0 Å². The van der Waals surface area contributed by atoms with Crippen molar-refractivity contribution >= 4 is 18.0 Å². The zero-order chi connectivity index (χ0) is 14.1. The summed E-state index contributed by atoms with van der Waals surface area (Å²) in [5.41, 5.74) is 0. The predicted octanol–water partition coefficient (Wildman–Crippen LogP) is -0.153. The van der Waals surface area contributed by atoms with Crippen LogP contribution in [0.2, 0.25) is 0 Å². The largest absolute Gasteiger partial charge is 0.480 e. The Morgan fingerprint density at radius 1 is 1.28 bits per heavy atom. The van der Waals surface area contributed by atoms with E-state index in [1.165, 1.54) is 6.92 Å². The van der Waals surface area contributed by atoms with Crippen molar-refractivity contribution < 1.29 is 34.1 Å². The Morgan fingerprint density at radius 2 is 1.89 bits per heavy atom. The third kappa shape index (κ3) is 6.69. The third-order valence-corrected chi connectivity index (χ3v) is 1.80. The fourth-order valence-corrected chi connectivity index (χ4v) is 0.985. The summed E-state index contributed by atoms with van der Waals surface area (Å²) >= 11 is 0. The van der Waals surface area contributed by atoms with Gasteiger partial charge in [0, 0.05) is 13.3 Å². The Bertz CT molecular complexity index is 305. The molecule has 1 unspecified atom stereocenters. The molecular weight excluding hydrogens is 246 g/mol. The molecule has 0 aliphatic carbocycles. The number of ether oxygens (including phenoxy) is 2. The molecule has 0 fully saturated rings. The maximum absolute atomic E-state index is 11.2. The fraction of sp³-hybridized carbons (Fsp3) is 0.700. The minimum atomic E-state index is -1.46. The molecule has 0 bridgehead atoms. The molecule has 8 heteroatoms. The summed E-state index contributed by atoms with van der Waals surface area (Å²) < 4.78 is 9.29. The maximum atomic E-state index is 11.2. The number of carbonyl (C=O) groups is 3. The van der Waals surface area contributed by atoms with Crippen molar-refractivity contribution in [2.75, 3.05) is 6.61 Å². The van der Waals surface area contributed by atoms with Crippen LogP contribution in [0, 0.1) is 0 Å². The Balaban J connectivity index is 4.07. The molecule has 0 spiro atoms. The number of hydrogen-bond donors (Lipinski definition) is 3. The third-order valence-electron chi connectivity index (χ3n) is 1.80. The van der Waals surface area contributed by atoms with Crippen molar-refractivity contribution in [2.24, 2.45) is 0 Å². The molecular formula is C10H17NO7. The van der Waals surface area contributed by atoms with E-state index in [9.17, 15) is 14.4 Å². The van der Waals surface area contributed by atoms with Gasteiger partial charge in [-0.2, -0.15) is 0 Å². The normalized spacial score (nSPS) is 13.3. The highest BCUT2D eigenvalue weighted by molar-refractivity contribution is 5.80. The first-order chi connectivity index (χ1) is 8.40. The van der Waals surface area contributed by atoms with Crippen molar-refractivity contribution in [2.45, 2.75) is 39.0 Å². The molecule has 0 rings (SSSR count). The van der Waals surface area contributed by atoms with Gasteiger partial charge in [0.25, 0.3) is 0 Å². The summed E-state index contributed by atoms with van der Waals surface area (Å²) in [6.45, 7) is 2.34. The van der Waals surface area contributed by atoms with Crippen LogP contribution < -0.4 is 5.32 Å². The molecule has 0 aromatic heterocycles. The van der Waals surface area contributed by atoms with Crippen LogP contribution in [0.1, 0.15) is 26.7 Å². The van der Waals surface area contributed by atoms with Crippen molar-refractivity contribution in [3.05, 3.63) is 0 Å². The summed E-state index contributed by atoms with van der Waals surface area (Å²) in [5.74, 6) is -1.92. The quantitative estimate of drug-likeness (QED) is 0.431. The van der Waals surface area contributed by atoms with E-state index in [0.29, 0.717) is 6.42 Å². The summed E-state index contributed by atoms with van der Waals surface area (Å²) in [7, 11) is 0. The number of esters is 1. The zero-order valence-electron chi connectivity index (χ0n) is 10.2. The lowest BCUT2D eigenvalue weighted by Gasteiger charge is -2.16. The summed E-state index contributed by atoms with van der Waals surface area (Å²) in [4.78, 5) is 32.7. The van der Waals surface area contributed by atoms with Gasteiger partial charge < -0.3 is 25.0 Å². The molecule has 8 nitrogen and oxygen atoms in total. The second-order valence-corrected chi connectivity index (χ2v) is 3.43. The van der Waals surface area contributed by atoms with Crippen LogP contribution in [0.4, 0.5) is 4.79 Å². The molecule has 2 atom stereocenters. The first-order valence-corrected chi connectivity index (χ1v) is 5.41. The van der Waals surface area contributed by atoms with Gasteiger partial charge in [0.1, 0.15) is 0 Å². The number of aliphatic hydroxyl groups is 1. The highest BCUT2D eigenvalue weighted by Crippen LogP contribution is 1.99. The van der Waals surface area contributed by atoms with Crippen molar-refractivity contribution in [1.29, 1.82) is 0 Å². The van der Waals surface area contributed by atoms with E-state index >= 15 is 0 Å². The number of aliphatic hydroxyl groups excluding tert-OH is 1. The van der Waals surface area contributed by atoms with Gasteiger partial charge in [-0.15, -0.1) is 0 Å². The molecule has 0 radical (unpaired) electrons. The monoisotopic (exact) mass is 263 g/mol. The SMILES string of the molecule is CCCC(=O)OC(C)OC(=O)N[C@H](CO)C(=O)O. The summed E-state index contributed by atoms with van der Waals surface area (Å²) in [6.07, 6.45) is -1.42. The molecule has 0 saturated heterocycles. The van der Waals surface area contributed by atoms with Crippen LogP contribution in [-0.4, -0.2) is 47.2 Å². The minimum absolute atomic E-state index is 0.198. The minimum Gasteiger partial charge on any atom is -0.480 e. The number of alkyl carbamates (subject to hydrolysis) is 1. The van der Waals surface area contributed by atoms with Gasteiger partial charge in [0.2, 0.25) is 6.29 Å². The average molecular weight is 263 g/mol. The number of rotatable bonds is 7. The number of nitrogens with one attached hydrogen (secondary N) is 1. The zero-order valence-corrected chi connectivity index (χ0v) is 10.2. The summed E-state index contributed by atoms with van der Waals surface area (Å²) in [6, 6.07) is -1.46. The van der Waals surface area contributed by atoms with Crippen LogP contribution in [0.25, 0.3) is 0 Å². The molecule has 0 heterocycles. The second kappa shape index (κ2) is 8.29. The van der Waals surface area contributed by atoms with Gasteiger partial charge >= 0.3 is 18.0 Å². The molecule has 0 aliphatic rings. The lowest BCUT2D eigenvalue weighted by molar-refractivity contribution is -0.165. The maximum Gasteiger partial charge on any atom is 0.411 e. The van der Waals surface area contributed by atoms with E-state index in [0.717, 1.165) is 0 Å². The Morgan fingerprint density at radius 3 is 2.33 bits per heavy atom. The summed E-state index contributed by atoms with van der Waals surface area (Å²) in [5, 5.41) is 19.1. The second-order valence-electron chi connectivity index (χ2n) is 3.43. The highest BCUT2D eigenvalue weighted by atomic mass is 16.7. The molecule has 0 aliphatic heterocycles. The number of carboxylic acid groups (broad SMARTS) is 1. The van der Waals surface area contributed by atoms with E-state index in [2.05, 4.69) is 4.74 Å².